The molecule has 0 amide bonds. The lowest BCUT2D eigenvalue weighted by atomic mass is 10.1. The summed E-state index contributed by atoms with van der Waals surface area (Å²) in [6.07, 6.45) is 1.78. The molecule has 0 saturated heterocycles. The summed E-state index contributed by atoms with van der Waals surface area (Å²) >= 11 is 0. The van der Waals surface area contributed by atoms with Crippen molar-refractivity contribution < 1.29 is 9.15 Å². The molecule has 1 aromatic heterocycles. The molecule has 0 atom stereocenters. The van der Waals surface area contributed by atoms with Gasteiger partial charge < -0.3 is 14.5 Å². The molecule has 0 saturated carbocycles. The Labute approximate surface area is 123 Å². The summed E-state index contributed by atoms with van der Waals surface area (Å²) in [7, 11) is 1.75. The number of rotatable bonds is 8. The zero-order chi connectivity index (χ0) is 15.2. The van der Waals surface area contributed by atoms with E-state index in [1.54, 1.807) is 13.4 Å². The fraction of sp³-hybridized carbons (Fsp3) is 0.750. The van der Waals surface area contributed by atoms with Gasteiger partial charge >= 0.3 is 0 Å². The van der Waals surface area contributed by atoms with Gasteiger partial charge in [0.05, 0.1) is 19.4 Å². The van der Waals surface area contributed by atoms with Crippen molar-refractivity contribution in [3.63, 3.8) is 0 Å². The van der Waals surface area contributed by atoms with E-state index in [1.807, 2.05) is 0 Å². The van der Waals surface area contributed by atoms with Crippen molar-refractivity contribution in [2.75, 3.05) is 20.3 Å². The van der Waals surface area contributed by atoms with E-state index >= 15 is 0 Å². The van der Waals surface area contributed by atoms with Crippen LogP contribution in [0.2, 0.25) is 0 Å². The zero-order valence-electron chi connectivity index (χ0n) is 13.8. The molecule has 1 N–H and O–H groups in total. The van der Waals surface area contributed by atoms with Gasteiger partial charge in [-0.3, -0.25) is 4.90 Å². The first kappa shape index (κ1) is 17.2. The second-order valence-electron chi connectivity index (χ2n) is 6.53. The number of ether oxygens (including phenoxy) is 1. The van der Waals surface area contributed by atoms with Gasteiger partial charge in [0.15, 0.2) is 0 Å². The first-order chi connectivity index (χ1) is 9.33. The maximum Gasteiger partial charge on any atom is 0.122 e. The minimum absolute atomic E-state index is 0.0951. The Bertz CT molecular complexity index is 380. The Kier molecular flexibility index (Phi) is 6.72. The van der Waals surface area contributed by atoms with Crippen LogP contribution in [0.1, 0.15) is 45.9 Å². The van der Waals surface area contributed by atoms with Gasteiger partial charge in [-0.25, -0.2) is 0 Å². The second kappa shape index (κ2) is 7.81. The Balaban J connectivity index is 2.64. The molecule has 0 aliphatic heterocycles. The Morgan fingerprint density at radius 2 is 2.05 bits per heavy atom. The molecule has 20 heavy (non-hydrogen) atoms. The molecule has 1 rings (SSSR count). The van der Waals surface area contributed by atoms with Crippen molar-refractivity contribution in [2.45, 2.75) is 59.3 Å². The lowest BCUT2D eigenvalue weighted by molar-refractivity contribution is 0.124. The van der Waals surface area contributed by atoms with E-state index in [-0.39, 0.29) is 5.54 Å². The third kappa shape index (κ3) is 6.07. The molecule has 116 valence electrons. The van der Waals surface area contributed by atoms with Crippen LogP contribution in [0.15, 0.2) is 16.7 Å². The van der Waals surface area contributed by atoms with Gasteiger partial charge in [-0.15, -0.1) is 0 Å². The number of furan rings is 1. The number of methoxy groups -OCH3 is 1. The van der Waals surface area contributed by atoms with Gasteiger partial charge in [-0.05, 0) is 40.7 Å². The van der Waals surface area contributed by atoms with Crippen LogP contribution in [0.5, 0.6) is 0 Å². The van der Waals surface area contributed by atoms with Crippen LogP contribution in [-0.2, 0) is 17.8 Å². The molecule has 1 heterocycles. The molecule has 0 aromatic carbocycles. The van der Waals surface area contributed by atoms with E-state index in [2.05, 4.69) is 50.9 Å². The number of nitrogens with zero attached hydrogens (tertiary/aromatic N) is 1. The first-order valence-corrected chi connectivity index (χ1v) is 7.36. The standard InChI is InChI=1S/C16H30N2O2/c1-13(2)18(8-10-19-6)12-14-7-9-20-15(14)11-17-16(3,4)5/h7,9,13,17H,8,10-12H2,1-6H3. The molecule has 0 radical (unpaired) electrons. The summed E-state index contributed by atoms with van der Waals surface area (Å²) in [5, 5.41) is 3.47. The molecular weight excluding hydrogens is 252 g/mol. The largest absolute Gasteiger partial charge is 0.468 e. The molecule has 0 fully saturated rings. The molecule has 0 spiro atoms. The minimum Gasteiger partial charge on any atom is -0.468 e. The fourth-order valence-corrected chi connectivity index (χ4v) is 1.96. The van der Waals surface area contributed by atoms with Crippen LogP contribution >= 0.6 is 0 Å². The highest BCUT2D eigenvalue weighted by Crippen LogP contribution is 2.16. The Morgan fingerprint density at radius 3 is 2.60 bits per heavy atom. The number of nitrogens with one attached hydrogen (secondary N) is 1. The molecular formula is C16H30N2O2. The SMILES string of the molecule is COCCN(Cc1ccoc1CNC(C)(C)C)C(C)C. The van der Waals surface area contributed by atoms with Gasteiger partial charge in [-0.2, -0.15) is 0 Å². The average molecular weight is 282 g/mol. The van der Waals surface area contributed by atoms with Gasteiger partial charge in [-0.1, -0.05) is 0 Å². The molecule has 1 aromatic rings. The molecule has 0 unspecified atom stereocenters. The van der Waals surface area contributed by atoms with Crippen LogP contribution in [-0.4, -0.2) is 36.7 Å². The van der Waals surface area contributed by atoms with Crippen LogP contribution in [0.4, 0.5) is 0 Å². The molecule has 0 bridgehead atoms. The fourth-order valence-electron chi connectivity index (χ4n) is 1.96. The smallest absolute Gasteiger partial charge is 0.122 e. The summed E-state index contributed by atoms with van der Waals surface area (Å²) in [5.41, 5.74) is 1.35. The Hall–Kier alpha value is -0.840. The van der Waals surface area contributed by atoms with E-state index in [4.69, 9.17) is 9.15 Å². The highest BCUT2D eigenvalue weighted by atomic mass is 16.5. The second-order valence-corrected chi connectivity index (χ2v) is 6.53. The van der Waals surface area contributed by atoms with Crippen LogP contribution in [0, 0.1) is 0 Å². The third-order valence-corrected chi connectivity index (χ3v) is 3.30. The highest BCUT2D eigenvalue weighted by Gasteiger charge is 2.16. The molecule has 4 nitrogen and oxygen atoms in total. The molecule has 0 aliphatic rings. The summed E-state index contributed by atoms with van der Waals surface area (Å²) in [6.45, 7) is 14.3. The zero-order valence-corrected chi connectivity index (χ0v) is 13.8. The lowest BCUT2D eigenvalue weighted by Gasteiger charge is -2.26. The van der Waals surface area contributed by atoms with Crippen molar-refractivity contribution in [3.8, 4) is 0 Å². The van der Waals surface area contributed by atoms with E-state index in [1.165, 1.54) is 5.56 Å². The molecule has 4 heteroatoms. The summed E-state index contributed by atoms with van der Waals surface area (Å²) in [4.78, 5) is 2.40. The van der Waals surface area contributed by atoms with Crippen molar-refractivity contribution in [1.29, 1.82) is 0 Å². The molecule has 0 aliphatic carbocycles. The van der Waals surface area contributed by atoms with E-state index in [0.29, 0.717) is 6.04 Å². The summed E-state index contributed by atoms with van der Waals surface area (Å²) < 4.78 is 10.8. The van der Waals surface area contributed by atoms with Gasteiger partial charge in [0.2, 0.25) is 0 Å². The van der Waals surface area contributed by atoms with E-state index in [0.717, 1.165) is 32.0 Å². The predicted octanol–water partition coefficient (Wildman–Crippen LogP) is 3.02. The van der Waals surface area contributed by atoms with Crippen molar-refractivity contribution in [2.24, 2.45) is 0 Å². The maximum absolute atomic E-state index is 5.62. The average Bonchev–Trinajstić information content (AvgIpc) is 2.78. The van der Waals surface area contributed by atoms with Gasteiger partial charge in [0.1, 0.15) is 5.76 Å². The number of hydrogen-bond acceptors (Lipinski definition) is 4. The van der Waals surface area contributed by atoms with Crippen LogP contribution in [0.25, 0.3) is 0 Å². The van der Waals surface area contributed by atoms with Crippen molar-refractivity contribution in [1.82, 2.24) is 10.2 Å². The quantitative estimate of drug-likeness (QED) is 0.795. The summed E-state index contributed by atoms with van der Waals surface area (Å²) in [6, 6.07) is 2.56. The monoisotopic (exact) mass is 282 g/mol. The maximum atomic E-state index is 5.62. The van der Waals surface area contributed by atoms with E-state index < -0.39 is 0 Å². The van der Waals surface area contributed by atoms with Crippen molar-refractivity contribution in [3.05, 3.63) is 23.7 Å². The first-order valence-electron chi connectivity index (χ1n) is 7.36. The van der Waals surface area contributed by atoms with Crippen LogP contribution < -0.4 is 5.32 Å². The van der Waals surface area contributed by atoms with Crippen LogP contribution in [0.3, 0.4) is 0 Å². The Morgan fingerprint density at radius 1 is 1.35 bits per heavy atom. The minimum atomic E-state index is 0.0951. The van der Waals surface area contributed by atoms with Gasteiger partial charge in [0, 0.05) is 37.3 Å². The summed E-state index contributed by atoms with van der Waals surface area (Å²) in [5.74, 6) is 1.03. The number of hydrogen-bond donors (Lipinski definition) is 1. The van der Waals surface area contributed by atoms with E-state index in [9.17, 15) is 0 Å². The van der Waals surface area contributed by atoms with Crippen molar-refractivity contribution >= 4 is 0 Å². The normalized spacial score (nSPS) is 12.6. The third-order valence-electron chi connectivity index (χ3n) is 3.30. The van der Waals surface area contributed by atoms with Gasteiger partial charge in [0.25, 0.3) is 0 Å². The highest BCUT2D eigenvalue weighted by molar-refractivity contribution is 5.17. The topological polar surface area (TPSA) is 37.6 Å². The predicted molar refractivity (Wildman–Crippen MR) is 82.7 cm³/mol. The lowest BCUT2D eigenvalue weighted by Crippen LogP contribution is -2.36.